The number of aryl methyl sites for hydroxylation is 1. The first-order valence-electron chi connectivity index (χ1n) is 6.81. The van der Waals surface area contributed by atoms with Crippen molar-refractivity contribution >= 4 is 17.4 Å². The summed E-state index contributed by atoms with van der Waals surface area (Å²) >= 11 is 0. The number of hydrogen-bond donors (Lipinski definition) is 3. The van der Waals surface area contributed by atoms with Crippen LogP contribution in [-0.2, 0) is 0 Å². The third-order valence-electron chi connectivity index (χ3n) is 2.93. The number of carbonyl (C=O) groups excluding carboxylic acids is 1. The average Bonchev–Trinajstić information content (AvgIpc) is 2.49. The third-order valence-corrected chi connectivity index (χ3v) is 2.93. The van der Waals surface area contributed by atoms with E-state index in [0.717, 1.165) is 12.0 Å². The van der Waals surface area contributed by atoms with Gasteiger partial charge in [0, 0.05) is 37.2 Å². The molecule has 6 heteroatoms. The molecule has 110 valence electrons. The summed E-state index contributed by atoms with van der Waals surface area (Å²) in [6.45, 7) is 3.22. The monoisotopic (exact) mass is 285 g/mol. The van der Waals surface area contributed by atoms with Crippen molar-refractivity contribution in [2.75, 3.05) is 24.1 Å². The van der Waals surface area contributed by atoms with Gasteiger partial charge in [0.2, 0.25) is 0 Å². The molecule has 2 rings (SSSR count). The van der Waals surface area contributed by atoms with Gasteiger partial charge in [0.1, 0.15) is 5.82 Å². The minimum Gasteiger partial charge on any atom is -0.396 e. The fourth-order valence-electron chi connectivity index (χ4n) is 1.84. The Morgan fingerprint density at radius 2 is 2.05 bits per heavy atom. The molecule has 0 fully saturated rings. The third kappa shape index (κ3) is 4.45. The second-order valence-corrected chi connectivity index (χ2v) is 4.72. The van der Waals surface area contributed by atoms with E-state index in [1.807, 2.05) is 13.0 Å². The molecular formula is C15H19N5O. The fraction of sp³-hybridized carbons (Fsp3) is 0.267. The highest BCUT2D eigenvalue weighted by atomic mass is 16.1. The van der Waals surface area contributed by atoms with Gasteiger partial charge in [0.05, 0.1) is 5.69 Å². The number of anilines is 2. The summed E-state index contributed by atoms with van der Waals surface area (Å²) in [5, 5.41) is 6.01. The zero-order valence-electron chi connectivity index (χ0n) is 12.0. The van der Waals surface area contributed by atoms with Crippen LogP contribution in [0.15, 0.2) is 36.8 Å². The van der Waals surface area contributed by atoms with E-state index in [1.165, 1.54) is 0 Å². The summed E-state index contributed by atoms with van der Waals surface area (Å²) in [7, 11) is 0. The van der Waals surface area contributed by atoms with Gasteiger partial charge in [-0.2, -0.15) is 0 Å². The van der Waals surface area contributed by atoms with Crippen molar-refractivity contribution < 1.29 is 4.79 Å². The topological polar surface area (TPSA) is 92.9 Å². The van der Waals surface area contributed by atoms with E-state index in [4.69, 9.17) is 5.73 Å². The SMILES string of the molecule is Cc1cnc(NCCCNC(=O)c2ccncc2)c(N)c1. The molecule has 0 spiro atoms. The van der Waals surface area contributed by atoms with Crippen molar-refractivity contribution in [1.82, 2.24) is 15.3 Å². The first-order valence-corrected chi connectivity index (χ1v) is 6.81. The lowest BCUT2D eigenvalue weighted by atomic mass is 10.2. The number of aromatic nitrogens is 2. The van der Waals surface area contributed by atoms with Crippen molar-refractivity contribution in [1.29, 1.82) is 0 Å². The molecule has 6 nitrogen and oxygen atoms in total. The van der Waals surface area contributed by atoms with Crippen LogP contribution in [0.1, 0.15) is 22.3 Å². The average molecular weight is 285 g/mol. The molecule has 2 heterocycles. The van der Waals surface area contributed by atoms with Crippen LogP contribution in [0.4, 0.5) is 11.5 Å². The maximum atomic E-state index is 11.8. The molecule has 0 aromatic carbocycles. The molecular weight excluding hydrogens is 266 g/mol. The summed E-state index contributed by atoms with van der Waals surface area (Å²) in [4.78, 5) is 19.9. The smallest absolute Gasteiger partial charge is 0.251 e. The van der Waals surface area contributed by atoms with Crippen LogP contribution >= 0.6 is 0 Å². The van der Waals surface area contributed by atoms with E-state index < -0.39 is 0 Å². The van der Waals surface area contributed by atoms with Crippen molar-refractivity contribution in [2.45, 2.75) is 13.3 Å². The molecule has 0 saturated carbocycles. The maximum Gasteiger partial charge on any atom is 0.251 e. The number of pyridine rings is 2. The van der Waals surface area contributed by atoms with Gasteiger partial charge in [-0.1, -0.05) is 0 Å². The van der Waals surface area contributed by atoms with Gasteiger partial charge < -0.3 is 16.4 Å². The van der Waals surface area contributed by atoms with E-state index in [2.05, 4.69) is 20.6 Å². The van der Waals surface area contributed by atoms with E-state index in [-0.39, 0.29) is 5.91 Å². The molecule has 2 aromatic rings. The number of hydrogen-bond acceptors (Lipinski definition) is 5. The Labute approximate surface area is 123 Å². The predicted molar refractivity (Wildman–Crippen MR) is 83.1 cm³/mol. The summed E-state index contributed by atoms with van der Waals surface area (Å²) in [5.74, 6) is 0.589. The summed E-state index contributed by atoms with van der Waals surface area (Å²) in [6.07, 6.45) is 5.75. The van der Waals surface area contributed by atoms with Gasteiger partial charge in [-0.05, 0) is 37.1 Å². The lowest BCUT2D eigenvalue weighted by Crippen LogP contribution is -2.25. The summed E-state index contributed by atoms with van der Waals surface area (Å²) in [5.41, 5.74) is 8.14. The molecule has 0 aliphatic rings. The molecule has 4 N–H and O–H groups in total. The van der Waals surface area contributed by atoms with Crippen LogP contribution in [0.2, 0.25) is 0 Å². The first-order chi connectivity index (χ1) is 10.2. The van der Waals surface area contributed by atoms with Crippen LogP contribution in [-0.4, -0.2) is 29.0 Å². The van der Waals surface area contributed by atoms with Crippen LogP contribution in [0, 0.1) is 6.92 Å². The molecule has 21 heavy (non-hydrogen) atoms. The van der Waals surface area contributed by atoms with Crippen LogP contribution < -0.4 is 16.4 Å². The number of nitrogens with zero attached hydrogens (tertiary/aromatic N) is 2. The molecule has 0 bridgehead atoms. The summed E-state index contributed by atoms with van der Waals surface area (Å²) < 4.78 is 0. The highest BCUT2D eigenvalue weighted by molar-refractivity contribution is 5.93. The minimum atomic E-state index is -0.0922. The normalized spacial score (nSPS) is 10.1. The van der Waals surface area contributed by atoms with Crippen LogP contribution in [0.5, 0.6) is 0 Å². The van der Waals surface area contributed by atoms with Gasteiger partial charge in [-0.15, -0.1) is 0 Å². The van der Waals surface area contributed by atoms with Crippen molar-refractivity contribution in [3.05, 3.63) is 47.9 Å². The highest BCUT2D eigenvalue weighted by Gasteiger charge is 2.03. The second-order valence-electron chi connectivity index (χ2n) is 4.72. The molecule has 0 unspecified atom stereocenters. The van der Waals surface area contributed by atoms with E-state index in [9.17, 15) is 4.79 Å². The number of carbonyl (C=O) groups is 1. The zero-order valence-corrected chi connectivity index (χ0v) is 12.0. The number of nitrogens with two attached hydrogens (primary N) is 1. The molecule has 2 aromatic heterocycles. The Hall–Kier alpha value is -2.63. The van der Waals surface area contributed by atoms with Crippen molar-refractivity contribution in [3.8, 4) is 0 Å². The zero-order chi connectivity index (χ0) is 15.1. The number of rotatable bonds is 6. The van der Waals surface area contributed by atoms with Gasteiger partial charge in [-0.3, -0.25) is 9.78 Å². The fourth-order valence-corrected chi connectivity index (χ4v) is 1.84. The van der Waals surface area contributed by atoms with E-state index >= 15 is 0 Å². The molecule has 0 aliphatic carbocycles. The molecule has 0 atom stereocenters. The predicted octanol–water partition coefficient (Wildman–Crippen LogP) is 1.60. The van der Waals surface area contributed by atoms with Gasteiger partial charge >= 0.3 is 0 Å². The number of amides is 1. The van der Waals surface area contributed by atoms with Gasteiger partial charge in [0.25, 0.3) is 5.91 Å². The second kappa shape index (κ2) is 7.23. The molecule has 1 amide bonds. The van der Waals surface area contributed by atoms with Crippen LogP contribution in [0.3, 0.4) is 0 Å². The maximum absolute atomic E-state index is 11.8. The van der Waals surface area contributed by atoms with E-state index in [1.54, 1.807) is 30.7 Å². The largest absolute Gasteiger partial charge is 0.396 e. The number of nitrogen functional groups attached to an aromatic ring is 1. The molecule has 0 aliphatic heterocycles. The number of nitrogens with one attached hydrogen (secondary N) is 2. The standard InChI is InChI=1S/C15H19N5O/c1-11-9-13(16)14(20-10-11)18-5-2-6-19-15(21)12-3-7-17-8-4-12/h3-4,7-10H,2,5-6,16H2,1H3,(H,18,20)(H,19,21). The van der Waals surface area contributed by atoms with Crippen LogP contribution in [0.25, 0.3) is 0 Å². The quantitative estimate of drug-likeness (QED) is 0.701. The Balaban J connectivity index is 1.69. The highest BCUT2D eigenvalue weighted by Crippen LogP contribution is 2.15. The Kier molecular flexibility index (Phi) is 5.09. The lowest BCUT2D eigenvalue weighted by Gasteiger charge is -2.09. The minimum absolute atomic E-state index is 0.0922. The molecule has 0 radical (unpaired) electrons. The summed E-state index contributed by atoms with van der Waals surface area (Å²) in [6, 6.07) is 5.25. The van der Waals surface area contributed by atoms with Crippen molar-refractivity contribution in [3.63, 3.8) is 0 Å². The van der Waals surface area contributed by atoms with Crippen molar-refractivity contribution in [2.24, 2.45) is 0 Å². The van der Waals surface area contributed by atoms with Gasteiger partial charge in [0.15, 0.2) is 0 Å². The van der Waals surface area contributed by atoms with E-state index in [0.29, 0.717) is 30.2 Å². The Morgan fingerprint density at radius 3 is 2.76 bits per heavy atom. The Morgan fingerprint density at radius 1 is 1.29 bits per heavy atom. The lowest BCUT2D eigenvalue weighted by molar-refractivity contribution is 0.0953. The molecule has 0 saturated heterocycles. The van der Waals surface area contributed by atoms with Gasteiger partial charge in [-0.25, -0.2) is 4.98 Å². The first kappa shape index (κ1) is 14.8. The Bertz CT molecular complexity index is 600.